The first-order chi connectivity index (χ1) is 6.65. The highest BCUT2D eigenvalue weighted by Crippen LogP contribution is 1.99. The first-order valence-electron chi connectivity index (χ1n) is 4.31. The van der Waals surface area contributed by atoms with E-state index in [1.54, 1.807) is 0 Å². The minimum absolute atomic E-state index is 0.0598. The van der Waals surface area contributed by atoms with Gasteiger partial charge in [0.25, 0.3) is 0 Å². The van der Waals surface area contributed by atoms with Crippen LogP contribution < -0.4 is 10.3 Å². The quantitative estimate of drug-likeness (QED) is 0.274. The lowest BCUT2D eigenvalue weighted by Crippen LogP contribution is -2.74. The Kier molecular flexibility index (Phi) is 3.73. The summed E-state index contributed by atoms with van der Waals surface area (Å²) in [5.41, 5.74) is 0. The first kappa shape index (κ1) is 10.8. The molecule has 1 saturated heterocycles. The zero-order valence-electron chi connectivity index (χ0n) is 7.56. The average Bonchev–Trinajstić information content (AvgIpc) is 2.48. The second-order valence-corrected chi connectivity index (χ2v) is 3.07. The monoisotopic (exact) mass is 201 g/mol. The van der Waals surface area contributed by atoms with Gasteiger partial charge in [0, 0.05) is 0 Å². The van der Waals surface area contributed by atoms with Crippen molar-refractivity contribution in [1.29, 1.82) is 0 Å². The van der Waals surface area contributed by atoms with E-state index in [9.17, 15) is 9.59 Å². The van der Waals surface area contributed by atoms with Gasteiger partial charge in [-0.15, -0.1) is 0 Å². The van der Waals surface area contributed by atoms with Gasteiger partial charge in [-0.2, -0.15) is 0 Å². The van der Waals surface area contributed by atoms with Gasteiger partial charge in [0.15, 0.2) is 24.5 Å². The molecule has 0 aromatic rings. The predicted octanol–water partition coefficient (Wildman–Crippen LogP) is -4.19. The van der Waals surface area contributed by atoms with E-state index in [0.717, 1.165) is 0 Å². The molecular formula is C8H13N2O4+. The van der Waals surface area contributed by atoms with Crippen molar-refractivity contribution in [3.8, 4) is 0 Å². The summed E-state index contributed by atoms with van der Waals surface area (Å²) in [7, 11) is 0. The largest absolute Gasteiger partial charge is 0.393 e. The lowest BCUT2D eigenvalue weighted by molar-refractivity contribution is -0.466. The molecule has 1 heterocycles. The van der Waals surface area contributed by atoms with Crippen molar-refractivity contribution in [1.82, 2.24) is 5.32 Å². The number of rotatable bonds is 4. The fraction of sp³-hybridized carbons (Fsp3) is 0.625. The summed E-state index contributed by atoms with van der Waals surface area (Å²) >= 11 is 0. The number of aliphatic hydroxyl groups excluding tert-OH is 2. The van der Waals surface area contributed by atoms with E-state index in [1.165, 1.54) is 6.21 Å². The Labute approximate surface area is 80.6 Å². The molecule has 0 unspecified atom stereocenters. The number of carbonyl (C=O) groups excluding carboxylic acids is 2. The number of amides is 1. The molecule has 14 heavy (non-hydrogen) atoms. The van der Waals surface area contributed by atoms with E-state index in [0.29, 0.717) is 0 Å². The predicted molar refractivity (Wildman–Crippen MR) is 46.5 cm³/mol. The van der Waals surface area contributed by atoms with Gasteiger partial charge in [-0.1, -0.05) is 0 Å². The molecule has 6 heteroatoms. The molecule has 0 radical (unpaired) electrons. The van der Waals surface area contributed by atoms with Gasteiger partial charge in [0.2, 0.25) is 5.91 Å². The Morgan fingerprint density at radius 1 is 1.64 bits per heavy atom. The van der Waals surface area contributed by atoms with Crippen LogP contribution >= 0.6 is 0 Å². The minimum Gasteiger partial charge on any atom is -0.393 e. The second-order valence-electron chi connectivity index (χ2n) is 3.07. The van der Waals surface area contributed by atoms with Gasteiger partial charge in [0.1, 0.15) is 6.10 Å². The molecule has 0 spiro atoms. The highest BCUT2D eigenvalue weighted by molar-refractivity contribution is 6.17. The molecule has 1 aliphatic rings. The molecule has 0 saturated carbocycles. The van der Waals surface area contributed by atoms with E-state index < -0.39 is 12.0 Å². The molecule has 1 aliphatic heterocycles. The van der Waals surface area contributed by atoms with Gasteiger partial charge in [-0.05, 0) is 0 Å². The Balaban J connectivity index is 2.43. The summed E-state index contributed by atoms with van der Waals surface area (Å²) in [6.45, 7) is -0.177. The lowest BCUT2D eigenvalue weighted by Gasteiger charge is -1.97. The number of hydrogen-bond acceptors (Lipinski definition) is 4. The van der Waals surface area contributed by atoms with Crippen molar-refractivity contribution < 1.29 is 24.8 Å². The molecule has 1 fully saturated rings. The van der Waals surface area contributed by atoms with E-state index >= 15 is 0 Å². The molecule has 1 amide bonds. The maximum absolute atomic E-state index is 11.1. The zero-order valence-corrected chi connectivity index (χ0v) is 7.56. The second kappa shape index (κ2) is 4.83. The van der Waals surface area contributed by atoms with Crippen molar-refractivity contribution in [2.45, 2.75) is 6.10 Å². The summed E-state index contributed by atoms with van der Waals surface area (Å²) in [5.74, 6) is -1.30. The average molecular weight is 201 g/mol. The summed E-state index contributed by atoms with van der Waals surface area (Å²) < 4.78 is 0. The van der Waals surface area contributed by atoms with E-state index in [-0.39, 0.29) is 31.4 Å². The Hall–Kier alpha value is -1.27. The molecule has 2 atom stereocenters. The maximum atomic E-state index is 11.1. The van der Waals surface area contributed by atoms with Crippen molar-refractivity contribution in [2.75, 3.05) is 19.7 Å². The molecule has 78 valence electrons. The van der Waals surface area contributed by atoms with Crippen LogP contribution in [0.25, 0.3) is 0 Å². The molecule has 1 rings (SSSR count). The Morgan fingerprint density at radius 3 is 2.86 bits per heavy atom. The summed E-state index contributed by atoms with van der Waals surface area (Å²) in [5, 5.41) is 19.8. The molecule has 0 aromatic heterocycles. The summed E-state index contributed by atoms with van der Waals surface area (Å²) in [6.07, 6.45) is 0.453. The van der Waals surface area contributed by atoms with E-state index in [1.807, 2.05) is 0 Å². The molecule has 0 aliphatic carbocycles. The third kappa shape index (κ3) is 2.61. The molecule has 4 N–H and O–H groups in total. The number of Topliss-reactive ketones (excluding diaryl/α,β-unsaturated/α-hetero) is 1. The Morgan fingerprint density at radius 2 is 2.36 bits per heavy atom. The van der Waals surface area contributed by atoms with Crippen LogP contribution in [-0.4, -0.2) is 53.9 Å². The number of aliphatic hydroxyl groups is 2. The smallest absolute Gasteiger partial charge is 0.241 e. The SMILES string of the molecule is O=C1CNC(=O)[C@H]1C=[NH+]C[C@H](O)CO. The minimum atomic E-state index is -0.884. The third-order valence-electron chi connectivity index (χ3n) is 1.91. The highest BCUT2D eigenvalue weighted by Gasteiger charge is 2.33. The molecule has 0 bridgehead atoms. The van der Waals surface area contributed by atoms with E-state index in [4.69, 9.17) is 10.2 Å². The van der Waals surface area contributed by atoms with Crippen LogP contribution in [0.4, 0.5) is 0 Å². The fourth-order valence-corrected chi connectivity index (χ4v) is 1.10. The van der Waals surface area contributed by atoms with Crippen LogP contribution in [0.1, 0.15) is 0 Å². The standard InChI is InChI=1S/C8H12N2O4/c11-4-5(12)1-9-2-6-7(13)3-10-8(6)14/h2,5-6,11-12H,1,3-4H2,(H,10,14)/p+1/t5-,6-/m0/s1. The molecule has 6 nitrogen and oxygen atoms in total. The van der Waals surface area contributed by atoms with Crippen LogP contribution in [0.5, 0.6) is 0 Å². The van der Waals surface area contributed by atoms with Crippen molar-refractivity contribution in [3.63, 3.8) is 0 Å². The molecular weight excluding hydrogens is 188 g/mol. The number of ketones is 1. The number of nitrogens with one attached hydrogen (secondary N) is 2. The normalized spacial score (nSPS) is 24.3. The third-order valence-corrected chi connectivity index (χ3v) is 1.91. The van der Waals surface area contributed by atoms with Crippen molar-refractivity contribution in [2.24, 2.45) is 5.92 Å². The van der Waals surface area contributed by atoms with Crippen LogP contribution in [0.3, 0.4) is 0 Å². The fourth-order valence-electron chi connectivity index (χ4n) is 1.10. The maximum Gasteiger partial charge on any atom is 0.241 e. The number of hydrogen-bond donors (Lipinski definition) is 4. The Bertz CT molecular complexity index is 248. The number of carbonyl (C=O) groups is 2. The van der Waals surface area contributed by atoms with Crippen LogP contribution in [0.2, 0.25) is 0 Å². The first-order valence-corrected chi connectivity index (χ1v) is 4.31. The van der Waals surface area contributed by atoms with Gasteiger partial charge < -0.3 is 15.5 Å². The molecule has 0 aromatic carbocycles. The van der Waals surface area contributed by atoms with Gasteiger partial charge in [-0.25, -0.2) is 4.99 Å². The van der Waals surface area contributed by atoms with Crippen LogP contribution in [-0.2, 0) is 9.59 Å². The highest BCUT2D eigenvalue weighted by atomic mass is 16.3. The van der Waals surface area contributed by atoms with Crippen LogP contribution in [0.15, 0.2) is 0 Å². The van der Waals surface area contributed by atoms with Gasteiger partial charge in [0.05, 0.1) is 13.2 Å². The van der Waals surface area contributed by atoms with Gasteiger partial charge in [-0.3, -0.25) is 9.59 Å². The zero-order chi connectivity index (χ0) is 10.6. The van der Waals surface area contributed by atoms with Gasteiger partial charge >= 0.3 is 0 Å². The van der Waals surface area contributed by atoms with E-state index in [2.05, 4.69) is 10.3 Å². The van der Waals surface area contributed by atoms with Crippen LogP contribution in [0, 0.1) is 5.92 Å². The van der Waals surface area contributed by atoms with Crippen molar-refractivity contribution in [3.05, 3.63) is 0 Å². The lowest BCUT2D eigenvalue weighted by atomic mass is 10.1. The van der Waals surface area contributed by atoms with Crippen molar-refractivity contribution >= 4 is 17.9 Å². The topological polar surface area (TPSA) is 101 Å². The summed E-state index contributed by atoms with van der Waals surface area (Å²) in [6, 6.07) is 0. The summed E-state index contributed by atoms with van der Waals surface area (Å²) in [4.78, 5) is 24.7.